The van der Waals surface area contributed by atoms with Gasteiger partial charge >= 0.3 is 0 Å². The van der Waals surface area contributed by atoms with Crippen LogP contribution >= 0.6 is 15.9 Å². The van der Waals surface area contributed by atoms with Crippen LogP contribution in [0.5, 0.6) is 11.5 Å². The first-order chi connectivity index (χ1) is 6.48. The minimum absolute atomic E-state index is 0.0761. The molecule has 0 fully saturated rings. The molecule has 5 heteroatoms. The SMILES string of the molecule is CC(F)(F)c1cc(Br)c2c(c1)OCO2. The Balaban J connectivity index is 2.52. The molecular weight excluding hydrogens is 258 g/mol. The van der Waals surface area contributed by atoms with E-state index in [0.717, 1.165) is 6.92 Å². The summed E-state index contributed by atoms with van der Waals surface area (Å²) in [6, 6.07) is 2.64. The van der Waals surface area contributed by atoms with E-state index in [1.54, 1.807) is 0 Å². The number of alkyl halides is 2. The summed E-state index contributed by atoms with van der Waals surface area (Å²) in [5, 5.41) is 0. The van der Waals surface area contributed by atoms with Crippen LogP contribution in [0, 0.1) is 0 Å². The van der Waals surface area contributed by atoms with E-state index in [2.05, 4.69) is 15.9 Å². The zero-order valence-electron chi connectivity index (χ0n) is 7.31. The molecule has 1 aromatic rings. The molecule has 1 aliphatic rings. The Bertz CT molecular complexity index is 374. The van der Waals surface area contributed by atoms with Crippen LogP contribution in [0.2, 0.25) is 0 Å². The average Bonchev–Trinajstić information content (AvgIpc) is 2.50. The lowest BCUT2D eigenvalue weighted by Gasteiger charge is -2.11. The normalized spacial score (nSPS) is 14.6. The Morgan fingerprint density at radius 1 is 1.36 bits per heavy atom. The van der Waals surface area contributed by atoms with E-state index in [4.69, 9.17) is 9.47 Å². The highest BCUT2D eigenvalue weighted by Gasteiger charge is 2.28. The molecule has 0 N–H and O–H groups in total. The fraction of sp³-hybridized carbons (Fsp3) is 0.333. The van der Waals surface area contributed by atoms with Crippen LogP contribution in [0.15, 0.2) is 16.6 Å². The summed E-state index contributed by atoms with van der Waals surface area (Å²) in [7, 11) is 0. The predicted molar refractivity (Wildman–Crippen MR) is 49.8 cm³/mol. The van der Waals surface area contributed by atoms with Gasteiger partial charge in [-0.3, -0.25) is 0 Å². The van der Waals surface area contributed by atoms with Crippen molar-refractivity contribution in [1.29, 1.82) is 0 Å². The molecule has 1 aromatic carbocycles. The molecule has 0 unspecified atom stereocenters. The van der Waals surface area contributed by atoms with E-state index >= 15 is 0 Å². The lowest BCUT2D eigenvalue weighted by Crippen LogP contribution is -2.06. The summed E-state index contributed by atoms with van der Waals surface area (Å²) in [5.41, 5.74) is -0.0892. The highest BCUT2D eigenvalue weighted by molar-refractivity contribution is 9.10. The van der Waals surface area contributed by atoms with Gasteiger partial charge in [-0.2, -0.15) is 0 Å². The summed E-state index contributed by atoms with van der Waals surface area (Å²) in [6.45, 7) is 0.920. The summed E-state index contributed by atoms with van der Waals surface area (Å²) in [6.07, 6.45) is 0. The number of ether oxygens (including phenoxy) is 2. The number of benzene rings is 1. The fourth-order valence-electron chi connectivity index (χ4n) is 1.22. The minimum Gasteiger partial charge on any atom is -0.454 e. The van der Waals surface area contributed by atoms with E-state index < -0.39 is 5.92 Å². The molecule has 0 bridgehead atoms. The number of hydrogen-bond donors (Lipinski definition) is 0. The lowest BCUT2D eigenvalue weighted by atomic mass is 10.1. The number of fused-ring (bicyclic) bond motifs is 1. The van der Waals surface area contributed by atoms with Gasteiger partial charge in [0.05, 0.1) is 4.47 Å². The van der Waals surface area contributed by atoms with E-state index in [-0.39, 0.29) is 12.4 Å². The van der Waals surface area contributed by atoms with Crippen LogP contribution in [0.1, 0.15) is 12.5 Å². The van der Waals surface area contributed by atoms with E-state index in [9.17, 15) is 8.78 Å². The first kappa shape index (κ1) is 9.71. The van der Waals surface area contributed by atoms with Crippen molar-refractivity contribution < 1.29 is 18.3 Å². The van der Waals surface area contributed by atoms with Crippen molar-refractivity contribution in [3.63, 3.8) is 0 Å². The maximum atomic E-state index is 13.0. The van der Waals surface area contributed by atoms with Gasteiger partial charge in [-0.15, -0.1) is 0 Å². The predicted octanol–water partition coefficient (Wildman–Crippen LogP) is 3.29. The molecule has 0 radical (unpaired) electrons. The second-order valence-electron chi connectivity index (χ2n) is 3.08. The molecule has 2 nitrogen and oxygen atoms in total. The van der Waals surface area contributed by atoms with E-state index in [1.807, 2.05) is 0 Å². The van der Waals surface area contributed by atoms with E-state index in [1.165, 1.54) is 12.1 Å². The van der Waals surface area contributed by atoms with Crippen LogP contribution in [-0.2, 0) is 5.92 Å². The standard InChI is InChI=1S/C9H7BrF2O2/c1-9(11,12)5-2-6(10)8-7(3-5)13-4-14-8/h2-3H,4H2,1H3. The molecule has 76 valence electrons. The number of hydrogen-bond acceptors (Lipinski definition) is 2. The summed E-state index contributed by atoms with van der Waals surface area (Å²) < 4.78 is 36.6. The van der Waals surface area contributed by atoms with Crippen LogP contribution < -0.4 is 9.47 Å². The van der Waals surface area contributed by atoms with Crippen molar-refractivity contribution in [3.05, 3.63) is 22.2 Å². The van der Waals surface area contributed by atoms with Crippen LogP contribution in [0.3, 0.4) is 0 Å². The van der Waals surface area contributed by atoms with Gasteiger partial charge in [-0.25, -0.2) is 8.78 Å². The Morgan fingerprint density at radius 3 is 2.71 bits per heavy atom. The van der Waals surface area contributed by atoms with Gasteiger partial charge in [0, 0.05) is 12.5 Å². The zero-order chi connectivity index (χ0) is 10.3. The van der Waals surface area contributed by atoms with Crippen molar-refractivity contribution >= 4 is 15.9 Å². The second kappa shape index (κ2) is 3.08. The smallest absolute Gasteiger partial charge is 0.270 e. The highest BCUT2D eigenvalue weighted by Crippen LogP contribution is 2.43. The van der Waals surface area contributed by atoms with Gasteiger partial charge in [0.15, 0.2) is 11.5 Å². The molecule has 2 rings (SSSR count). The molecule has 0 amide bonds. The number of halogens is 3. The average molecular weight is 265 g/mol. The van der Waals surface area contributed by atoms with Crippen molar-refractivity contribution in [3.8, 4) is 11.5 Å². The minimum atomic E-state index is -2.87. The first-order valence-electron chi connectivity index (χ1n) is 3.96. The molecule has 0 saturated heterocycles. The molecule has 1 heterocycles. The fourth-order valence-corrected chi connectivity index (χ4v) is 1.78. The van der Waals surface area contributed by atoms with Crippen LogP contribution in [0.25, 0.3) is 0 Å². The van der Waals surface area contributed by atoms with Crippen LogP contribution in [-0.4, -0.2) is 6.79 Å². The molecule has 0 spiro atoms. The Labute approximate surface area is 87.9 Å². The summed E-state index contributed by atoms with van der Waals surface area (Å²) in [5.74, 6) is -2.03. The number of rotatable bonds is 1. The van der Waals surface area contributed by atoms with E-state index in [0.29, 0.717) is 16.0 Å². The second-order valence-corrected chi connectivity index (χ2v) is 3.93. The molecule has 14 heavy (non-hydrogen) atoms. The maximum absolute atomic E-state index is 13.0. The molecule has 0 aliphatic carbocycles. The van der Waals surface area contributed by atoms with Gasteiger partial charge in [0.25, 0.3) is 5.92 Å². The van der Waals surface area contributed by atoms with Gasteiger partial charge in [0.1, 0.15) is 0 Å². The van der Waals surface area contributed by atoms with Gasteiger partial charge < -0.3 is 9.47 Å². The lowest BCUT2D eigenvalue weighted by molar-refractivity contribution is 0.0172. The maximum Gasteiger partial charge on any atom is 0.270 e. The Morgan fingerprint density at radius 2 is 2.07 bits per heavy atom. The third kappa shape index (κ3) is 1.56. The van der Waals surface area contributed by atoms with Gasteiger partial charge in [0.2, 0.25) is 6.79 Å². The van der Waals surface area contributed by atoms with Crippen molar-refractivity contribution in [2.45, 2.75) is 12.8 Å². The summed E-state index contributed by atoms with van der Waals surface area (Å²) >= 11 is 3.15. The van der Waals surface area contributed by atoms with Gasteiger partial charge in [-0.1, -0.05) is 0 Å². The highest BCUT2D eigenvalue weighted by atomic mass is 79.9. The Kier molecular flexibility index (Phi) is 2.14. The van der Waals surface area contributed by atoms with Crippen molar-refractivity contribution in [2.75, 3.05) is 6.79 Å². The third-order valence-corrected chi connectivity index (χ3v) is 2.52. The molecule has 0 atom stereocenters. The van der Waals surface area contributed by atoms with Gasteiger partial charge in [-0.05, 0) is 28.1 Å². The van der Waals surface area contributed by atoms with Crippen molar-refractivity contribution in [2.24, 2.45) is 0 Å². The molecule has 0 aromatic heterocycles. The Hall–Kier alpha value is -0.840. The monoisotopic (exact) mass is 264 g/mol. The molecular formula is C9H7BrF2O2. The summed E-state index contributed by atoms with van der Waals surface area (Å²) in [4.78, 5) is 0. The molecule has 0 saturated carbocycles. The third-order valence-electron chi connectivity index (χ3n) is 1.93. The zero-order valence-corrected chi connectivity index (χ0v) is 8.90. The van der Waals surface area contributed by atoms with Crippen molar-refractivity contribution in [1.82, 2.24) is 0 Å². The largest absolute Gasteiger partial charge is 0.454 e. The first-order valence-corrected chi connectivity index (χ1v) is 4.75. The molecule has 1 aliphatic heterocycles. The quantitative estimate of drug-likeness (QED) is 0.775. The topological polar surface area (TPSA) is 18.5 Å². The van der Waals surface area contributed by atoms with Crippen LogP contribution in [0.4, 0.5) is 8.78 Å².